The summed E-state index contributed by atoms with van der Waals surface area (Å²) in [7, 11) is 0. The number of rotatable bonds is 4. The van der Waals surface area contributed by atoms with E-state index in [0.29, 0.717) is 12.5 Å². The highest BCUT2D eigenvalue weighted by Gasteiger charge is 2.33. The van der Waals surface area contributed by atoms with Crippen LogP contribution in [-0.4, -0.2) is 54.1 Å². The Bertz CT molecular complexity index is 270. The van der Waals surface area contributed by atoms with Crippen molar-refractivity contribution >= 4 is 11.8 Å². The van der Waals surface area contributed by atoms with Gasteiger partial charge >= 0.3 is 0 Å². The Labute approximate surface area is 94.8 Å². The van der Waals surface area contributed by atoms with Gasteiger partial charge in [0.15, 0.2) is 0 Å². The molecule has 2 unspecified atom stereocenters. The van der Waals surface area contributed by atoms with E-state index in [0.717, 1.165) is 6.42 Å². The summed E-state index contributed by atoms with van der Waals surface area (Å²) in [6.07, 6.45) is 0.891. The zero-order chi connectivity index (χ0) is 12.1. The van der Waals surface area contributed by atoms with Crippen molar-refractivity contribution in [2.24, 2.45) is 11.7 Å². The molecule has 1 heterocycles. The lowest BCUT2D eigenvalue weighted by molar-refractivity contribution is -0.134. The first kappa shape index (κ1) is 12.9. The Morgan fingerprint density at radius 3 is 2.81 bits per heavy atom. The minimum atomic E-state index is -0.346. The average molecular weight is 229 g/mol. The first-order chi connectivity index (χ1) is 7.60. The largest absolute Gasteiger partial charge is 0.394 e. The van der Waals surface area contributed by atoms with Crippen LogP contribution in [0.5, 0.6) is 0 Å². The number of carbonyl (C=O) groups is 2. The van der Waals surface area contributed by atoms with Gasteiger partial charge in [-0.25, -0.2) is 0 Å². The molecule has 1 rings (SSSR count). The van der Waals surface area contributed by atoms with E-state index in [-0.39, 0.29) is 37.6 Å². The van der Waals surface area contributed by atoms with E-state index >= 15 is 0 Å². The summed E-state index contributed by atoms with van der Waals surface area (Å²) in [6, 6.07) is -0.123. The highest BCUT2D eigenvalue weighted by molar-refractivity contribution is 5.85. The number of nitrogens with two attached hydrogens (primary N) is 1. The molecule has 2 atom stereocenters. The van der Waals surface area contributed by atoms with E-state index in [1.165, 1.54) is 0 Å². The molecular formula is C10H19N3O3. The standard InChI is InChI=1S/C10H19N3O3/c1-7-2-3-13(8(7)6-14)10(16)5-12-9(15)4-11/h7-8,14H,2-6,11H2,1H3,(H,12,15). The Balaban J connectivity index is 2.44. The third-order valence-corrected chi connectivity index (χ3v) is 3.01. The number of aliphatic hydroxyl groups is 1. The van der Waals surface area contributed by atoms with Crippen LogP contribution in [0, 0.1) is 5.92 Å². The number of likely N-dealkylation sites (tertiary alicyclic amines) is 1. The smallest absolute Gasteiger partial charge is 0.242 e. The molecule has 0 radical (unpaired) electrons. The van der Waals surface area contributed by atoms with Crippen molar-refractivity contribution in [2.45, 2.75) is 19.4 Å². The Morgan fingerprint density at radius 2 is 2.25 bits per heavy atom. The number of amides is 2. The van der Waals surface area contributed by atoms with Crippen molar-refractivity contribution in [3.05, 3.63) is 0 Å². The quantitative estimate of drug-likeness (QED) is 0.535. The van der Waals surface area contributed by atoms with E-state index in [9.17, 15) is 14.7 Å². The molecule has 1 aliphatic rings. The number of nitrogens with zero attached hydrogens (tertiary/aromatic N) is 1. The van der Waals surface area contributed by atoms with Crippen LogP contribution in [0.2, 0.25) is 0 Å². The second kappa shape index (κ2) is 5.81. The highest BCUT2D eigenvalue weighted by Crippen LogP contribution is 2.23. The van der Waals surface area contributed by atoms with Crippen molar-refractivity contribution in [1.29, 1.82) is 0 Å². The second-order valence-electron chi connectivity index (χ2n) is 4.08. The molecule has 6 heteroatoms. The van der Waals surface area contributed by atoms with E-state index in [1.807, 2.05) is 6.92 Å². The van der Waals surface area contributed by atoms with E-state index in [2.05, 4.69) is 5.32 Å². The summed E-state index contributed by atoms with van der Waals surface area (Å²) < 4.78 is 0. The fraction of sp³-hybridized carbons (Fsp3) is 0.800. The number of nitrogens with one attached hydrogen (secondary N) is 1. The minimum Gasteiger partial charge on any atom is -0.394 e. The molecule has 2 amide bonds. The van der Waals surface area contributed by atoms with Crippen LogP contribution in [0.15, 0.2) is 0 Å². The zero-order valence-corrected chi connectivity index (χ0v) is 9.48. The number of carbonyl (C=O) groups excluding carboxylic acids is 2. The molecule has 1 fully saturated rings. The number of aliphatic hydroxyl groups excluding tert-OH is 1. The van der Waals surface area contributed by atoms with Gasteiger partial charge in [-0.1, -0.05) is 6.92 Å². The van der Waals surface area contributed by atoms with Gasteiger partial charge in [-0.15, -0.1) is 0 Å². The maximum absolute atomic E-state index is 11.7. The summed E-state index contributed by atoms with van der Waals surface area (Å²) >= 11 is 0. The first-order valence-corrected chi connectivity index (χ1v) is 5.47. The Kier molecular flexibility index (Phi) is 4.70. The van der Waals surface area contributed by atoms with Gasteiger partial charge in [0.25, 0.3) is 0 Å². The van der Waals surface area contributed by atoms with E-state index < -0.39 is 0 Å². The molecule has 0 saturated carbocycles. The van der Waals surface area contributed by atoms with Crippen LogP contribution < -0.4 is 11.1 Å². The van der Waals surface area contributed by atoms with Crippen molar-refractivity contribution in [3.63, 3.8) is 0 Å². The summed E-state index contributed by atoms with van der Waals surface area (Å²) in [6.45, 7) is 2.46. The fourth-order valence-corrected chi connectivity index (χ4v) is 1.94. The third-order valence-electron chi connectivity index (χ3n) is 3.01. The monoisotopic (exact) mass is 229 g/mol. The van der Waals surface area contributed by atoms with Crippen LogP contribution in [-0.2, 0) is 9.59 Å². The van der Waals surface area contributed by atoms with Crippen molar-refractivity contribution in [2.75, 3.05) is 26.2 Å². The molecule has 0 aromatic carbocycles. The van der Waals surface area contributed by atoms with Crippen LogP contribution in [0.1, 0.15) is 13.3 Å². The molecule has 6 nitrogen and oxygen atoms in total. The number of hydrogen-bond donors (Lipinski definition) is 3. The maximum atomic E-state index is 11.7. The first-order valence-electron chi connectivity index (χ1n) is 5.47. The van der Waals surface area contributed by atoms with Crippen molar-refractivity contribution < 1.29 is 14.7 Å². The molecule has 0 aromatic heterocycles. The lowest BCUT2D eigenvalue weighted by Crippen LogP contribution is -2.46. The highest BCUT2D eigenvalue weighted by atomic mass is 16.3. The topological polar surface area (TPSA) is 95.7 Å². The predicted octanol–water partition coefficient (Wildman–Crippen LogP) is -1.71. The van der Waals surface area contributed by atoms with Gasteiger partial charge in [0, 0.05) is 6.54 Å². The van der Waals surface area contributed by atoms with Gasteiger partial charge in [0.2, 0.25) is 11.8 Å². The number of hydrogen-bond acceptors (Lipinski definition) is 4. The molecule has 4 N–H and O–H groups in total. The van der Waals surface area contributed by atoms with Gasteiger partial charge in [-0.3, -0.25) is 9.59 Å². The summed E-state index contributed by atoms with van der Waals surface area (Å²) in [4.78, 5) is 24.3. The van der Waals surface area contributed by atoms with Crippen LogP contribution in [0.25, 0.3) is 0 Å². The van der Waals surface area contributed by atoms with Crippen LogP contribution >= 0.6 is 0 Å². The van der Waals surface area contributed by atoms with Crippen LogP contribution in [0.4, 0.5) is 0 Å². The molecule has 0 aliphatic carbocycles. The summed E-state index contributed by atoms with van der Waals surface area (Å²) in [5.41, 5.74) is 5.11. The van der Waals surface area contributed by atoms with E-state index in [1.54, 1.807) is 4.90 Å². The van der Waals surface area contributed by atoms with Gasteiger partial charge in [-0.05, 0) is 12.3 Å². The average Bonchev–Trinajstić information content (AvgIpc) is 2.66. The van der Waals surface area contributed by atoms with E-state index in [4.69, 9.17) is 5.73 Å². The lowest BCUT2D eigenvalue weighted by atomic mass is 10.0. The van der Waals surface area contributed by atoms with Crippen molar-refractivity contribution in [3.8, 4) is 0 Å². The molecule has 0 aromatic rings. The molecule has 92 valence electrons. The van der Waals surface area contributed by atoms with Gasteiger partial charge < -0.3 is 21.1 Å². The Hall–Kier alpha value is -1.14. The normalized spacial score (nSPS) is 24.6. The second-order valence-corrected chi connectivity index (χ2v) is 4.08. The zero-order valence-electron chi connectivity index (χ0n) is 9.48. The maximum Gasteiger partial charge on any atom is 0.242 e. The summed E-state index contributed by atoms with van der Waals surface area (Å²) in [5.74, 6) is -0.203. The minimum absolute atomic E-state index is 0.0300. The van der Waals surface area contributed by atoms with Crippen LogP contribution in [0.3, 0.4) is 0 Å². The molecule has 1 aliphatic heterocycles. The lowest BCUT2D eigenvalue weighted by Gasteiger charge is -2.25. The third kappa shape index (κ3) is 2.93. The van der Waals surface area contributed by atoms with Crippen molar-refractivity contribution in [1.82, 2.24) is 10.2 Å². The van der Waals surface area contributed by atoms with Gasteiger partial charge in [0.05, 0.1) is 25.7 Å². The molecular weight excluding hydrogens is 210 g/mol. The molecule has 1 saturated heterocycles. The van der Waals surface area contributed by atoms with Gasteiger partial charge in [0.1, 0.15) is 0 Å². The molecule has 0 spiro atoms. The molecule has 16 heavy (non-hydrogen) atoms. The predicted molar refractivity (Wildman–Crippen MR) is 58.4 cm³/mol. The summed E-state index contributed by atoms with van der Waals surface area (Å²) in [5, 5.41) is 11.6. The SMILES string of the molecule is CC1CCN(C(=O)CNC(=O)CN)C1CO. The molecule has 0 bridgehead atoms. The Morgan fingerprint density at radius 1 is 1.56 bits per heavy atom. The fourth-order valence-electron chi connectivity index (χ4n) is 1.94. The van der Waals surface area contributed by atoms with Gasteiger partial charge in [-0.2, -0.15) is 0 Å².